The zero-order valence-corrected chi connectivity index (χ0v) is 8.78. The van der Waals surface area contributed by atoms with Crippen LogP contribution in [0.25, 0.3) is 0 Å². The Hall–Kier alpha value is -0.840. The van der Waals surface area contributed by atoms with E-state index in [4.69, 9.17) is 4.74 Å². The average molecular weight is 248 g/mol. The fourth-order valence-electron chi connectivity index (χ4n) is 0.673. The molecule has 0 aliphatic rings. The lowest BCUT2D eigenvalue weighted by Crippen LogP contribution is -2.12. The van der Waals surface area contributed by atoms with Gasteiger partial charge in [-0.15, -0.1) is 0 Å². The van der Waals surface area contributed by atoms with Crippen molar-refractivity contribution in [1.29, 1.82) is 0 Å². The van der Waals surface area contributed by atoms with Crippen molar-refractivity contribution in [2.45, 2.75) is 18.2 Å². The Labute approximate surface area is 84.4 Å². The lowest BCUT2D eigenvalue weighted by atomic mass is 10.3. The molecule has 5 heteroatoms. The lowest BCUT2D eigenvalue weighted by molar-refractivity contribution is 0.0506. The van der Waals surface area contributed by atoms with Gasteiger partial charge in [-0.05, 0) is 6.42 Å². The summed E-state index contributed by atoms with van der Waals surface area (Å²) in [4.78, 5) is 11.4. The van der Waals surface area contributed by atoms with E-state index in [0.717, 1.165) is 6.42 Å². The number of nitrogens with zero attached hydrogens (tertiary/aromatic N) is 1. The van der Waals surface area contributed by atoms with Gasteiger partial charge in [-0.1, -0.05) is 28.0 Å². The lowest BCUT2D eigenvalue weighted by Gasteiger charge is -2.06. The second kappa shape index (κ2) is 5.01. The molecule has 1 atom stereocenters. The van der Waals surface area contributed by atoms with Crippen LogP contribution in [0.3, 0.4) is 0 Å². The number of carbonyl (C=O) groups is 1. The molecular weight excluding hydrogens is 238 g/mol. The minimum atomic E-state index is -0.404. The summed E-state index contributed by atoms with van der Waals surface area (Å²) >= 11 is 3.35. The Morgan fingerprint density at radius 2 is 2.62 bits per heavy atom. The van der Waals surface area contributed by atoms with Crippen LogP contribution in [0.4, 0.5) is 0 Å². The summed E-state index contributed by atoms with van der Waals surface area (Å²) in [6, 6.07) is 0. The molecule has 0 bridgehead atoms. The number of esters is 1. The van der Waals surface area contributed by atoms with Gasteiger partial charge >= 0.3 is 5.97 Å². The second-order valence-electron chi connectivity index (χ2n) is 2.52. The number of rotatable bonds is 4. The van der Waals surface area contributed by atoms with Crippen molar-refractivity contribution in [1.82, 2.24) is 5.16 Å². The molecule has 1 rings (SSSR count). The summed E-state index contributed by atoms with van der Waals surface area (Å²) in [6.45, 7) is 2.37. The molecule has 0 spiro atoms. The van der Waals surface area contributed by atoms with Gasteiger partial charge in [0.25, 0.3) is 0 Å². The molecule has 0 amide bonds. The van der Waals surface area contributed by atoms with Gasteiger partial charge < -0.3 is 9.26 Å². The van der Waals surface area contributed by atoms with Crippen LogP contribution >= 0.6 is 15.9 Å². The van der Waals surface area contributed by atoms with Gasteiger partial charge in [0.05, 0.1) is 6.20 Å². The van der Waals surface area contributed by atoms with Crippen molar-refractivity contribution in [3.05, 3.63) is 18.0 Å². The van der Waals surface area contributed by atoms with E-state index in [0.29, 0.717) is 12.2 Å². The normalized spacial score (nSPS) is 12.5. The zero-order valence-electron chi connectivity index (χ0n) is 7.20. The molecule has 0 aliphatic heterocycles. The van der Waals surface area contributed by atoms with Crippen LogP contribution in [-0.2, 0) is 4.74 Å². The van der Waals surface area contributed by atoms with Crippen molar-refractivity contribution in [2.24, 2.45) is 0 Å². The van der Waals surface area contributed by atoms with Crippen molar-refractivity contribution < 1.29 is 14.1 Å². The summed E-state index contributed by atoms with van der Waals surface area (Å²) in [5, 5.41) is 3.40. The van der Waals surface area contributed by atoms with Crippen LogP contribution in [0.15, 0.2) is 17.0 Å². The first-order chi connectivity index (χ1) is 6.24. The molecule has 0 N–H and O–H groups in total. The highest BCUT2D eigenvalue weighted by atomic mass is 79.9. The highest BCUT2D eigenvalue weighted by Crippen LogP contribution is 2.06. The smallest absolute Gasteiger partial charge is 0.343 e. The first-order valence-corrected chi connectivity index (χ1v) is 4.86. The molecule has 0 aromatic carbocycles. The molecule has 0 saturated carbocycles. The van der Waals surface area contributed by atoms with E-state index in [2.05, 4.69) is 25.6 Å². The number of ether oxygens (including phenoxy) is 1. The first-order valence-electron chi connectivity index (χ1n) is 3.94. The molecule has 1 heterocycles. The minimum absolute atomic E-state index is 0.205. The molecule has 13 heavy (non-hydrogen) atoms. The van der Waals surface area contributed by atoms with Gasteiger partial charge in [-0.25, -0.2) is 4.79 Å². The van der Waals surface area contributed by atoms with E-state index in [1.165, 1.54) is 12.5 Å². The van der Waals surface area contributed by atoms with E-state index in [-0.39, 0.29) is 4.83 Å². The van der Waals surface area contributed by atoms with E-state index >= 15 is 0 Å². The third-order valence-corrected chi connectivity index (χ3v) is 2.42. The number of hydrogen-bond donors (Lipinski definition) is 0. The highest BCUT2D eigenvalue weighted by Gasteiger charge is 2.11. The topological polar surface area (TPSA) is 52.3 Å². The van der Waals surface area contributed by atoms with E-state index in [1.807, 2.05) is 6.92 Å². The van der Waals surface area contributed by atoms with Gasteiger partial charge in [-0.2, -0.15) is 0 Å². The summed E-state index contributed by atoms with van der Waals surface area (Å²) in [5.74, 6) is -0.404. The SMILES string of the molecule is CCC(Br)COC(=O)c1cnoc1. The van der Waals surface area contributed by atoms with Crippen LogP contribution in [0, 0.1) is 0 Å². The predicted octanol–water partition coefficient (Wildman–Crippen LogP) is 2.00. The summed E-state index contributed by atoms with van der Waals surface area (Å²) < 4.78 is 9.46. The quantitative estimate of drug-likeness (QED) is 0.604. The van der Waals surface area contributed by atoms with E-state index in [9.17, 15) is 4.79 Å². The van der Waals surface area contributed by atoms with E-state index in [1.54, 1.807) is 0 Å². The van der Waals surface area contributed by atoms with Crippen molar-refractivity contribution in [3.63, 3.8) is 0 Å². The Morgan fingerprint density at radius 1 is 1.85 bits per heavy atom. The maximum atomic E-state index is 11.2. The van der Waals surface area contributed by atoms with Gasteiger partial charge in [0.2, 0.25) is 0 Å². The molecular formula is C8H10BrNO3. The summed E-state index contributed by atoms with van der Waals surface area (Å²) in [7, 11) is 0. The summed E-state index contributed by atoms with van der Waals surface area (Å²) in [6.07, 6.45) is 3.51. The molecule has 0 fully saturated rings. The number of carbonyl (C=O) groups excluding carboxylic acids is 1. The molecule has 1 aromatic rings. The van der Waals surface area contributed by atoms with E-state index < -0.39 is 5.97 Å². The molecule has 1 unspecified atom stereocenters. The maximum absolute atomic E-state index is 11.2. The molecule has 72 valence electrons. The van der Waals surface area contributed by atoms with Gasteiger partial charge in [-0.3, -0.25) is 0 Å². The Bertz CT molecular complexity index is 260. The molecule has 0 radical (unpaired) electrons. The number of hydrogen-bond acceptors (Lipinski definition) is 4. The van der Waals surface area contributed by atoms with Crippen molar-refractivity contribution >= 4 is 21.9 Å². The molecule has 0 aliphatic carbocycles. The van der Waals surface area contributed by atoms with Crippen LogP contribution in [-0.4, -0.2) is 22.6 Å². The number of aromatic nitrogens is 1. The van der Waals surface area contributed by atoms with Crippen LogP contribution in [0.1, 0.15) is 23.7 Å². The number of halogens is 1. The Kier molecular flexibility index (Phi) is 3.95. The third-order valence-electron chi connectivity index (χ3n) is 1.51. The van der Waals surface area contributed by atoms with Crippen molar-refractivity contribution in [3.8, 4) is 0 Å². The maximum Gasteiger partial charge on any atom is 0.343 e. The van der Waals surface area contributed by atoms with Gasteiger partial charge in [0, 0.05) is 4.83 Å². The summed E-state index contributed by atoms with van der Waals surface area (Å²) in [5.41, 5.74) is 0.343. The molecule has 1 aromatic heterocycles. The van der Waals surface area contributed by atoms with Crippen LogP contribution in [0.2, 0.25) is 0 Å². The highest BCUT2D eigenvalue weighted by molar-refractivity contribution is 9.09. The Balaban J connectivity index is 2.35. The molecule has 4 nitrogen and oxygen atoms in total. The third kappa shape index (κ3) is 3.18. The zero-order chi connectivity index (χ0) is 9.68. The van der Waals surface area contributed by atoms with Gasteiger partial charge in [0.15, 0.2) is 0 Å². The second-order valence-corrected chi connectivity index (χ2v) is 3.81. The number of alkyl halides is 1. The predicted molar refractivity (Wildman–Crippen MR) is 49.8 cm³/mol. The first kappa shape index (κ1) is 10.2. The minimum Gasteiger partial charge on any atom is -0.461 e. The van der Waals surface area contributed by atoms with Crippen LogP contribution < -0.4 is 0 Å². The van der Waals surface area contributed by atoms with Crippen LogP contribution in [0.5, 0.6) is 0 Å². The van der Waals surface area contributed by atoms with Crippen molar-refractivity contribution in [2.75, 3.05) is 6.61 Å². The fraction of sp³-hybridized carbons (Fsp3) is 0.500. The monoisotopic (exact) mass is 247 g/mol. The standard InChI is InChI=1S/C8H10BrNO3/c1-2-7(9)5-12-8(11)6-3-10-13-4-6/h3-4,7H,2,5H2,1H3. The molecule has 0 saturated heterocycles. The Morgan fingerprint density at radius 3 is 3.15 bits per heavy atom. The fourth-order valence-corrected chi connectivity index (χ4v) is 0.805. The average Bonchev–Trinajstić information content (AvgIpc) is 2.66. The largest absolute Gasteiger partial charge is 0.461 e. The van der Waals surface area contributed by atoms with Gasteiger partial charge in [0.1, 0.15) is 18.4 Å².